The predicted molar refractivity (Wildman–Crippen MR) is 181 cm³/mol. The zero-order valence-corrected chi connectivity index (χ0v) is 28.6. The molecule has 4 atom stereocenters. The summed E-state index contributed by atoms with van der Waals surface area (Å²) in [6, 6.07) is 10.9. The summed E-state index contributed by atoms with van der Waals surface area (Å²) in [5, 5.41) is 20.3. The quantitative estimate of drug-likeness (QED) is 0.243. The largest absolute Gasteiger partial charge is 0.396 e. The molecular formula is C36H45N5S2. The second kappa shape index (κ2) is 11.8. The SMILES string of the molecule is CCC1Cc2nc3sc(C#N)c(N)c3cc2CC1C(C)(C)C.CCC1Cc2nc3sc(C#N)cc3cc2CC1C(C)(C)C. The summed E-state index contributed by atoms with van der Waals surface area (Å²) < 4.78 is 0. The second-order valence-electron chi connectivity index (χ2n) is 14.7. The summed E-state index contributed by atoms with van der Waals surface area (Å²) >= 11 is 2.93. The zero-order valence-electron chi connectivity index (χ0n) is 27.0. The molecule has 4 heterocycles. The third-order valence-corrected chi connectivity index (χ3v) is 12.0. The molecule has 226 valence electrons. The van der Waals surface area contributed by atoms with Crippen LogP contribution in [0.2, 0.25) is 0 Å². The fourth-order valence-corrected chi connectivity index (χ4v) is 9.21. The molecule has 0 bridgehead atoms. The van der Waals surface area contributed by atoms with Gasteiger partial charge in [0.15, 0.2) is 0 Å². The Kier molecular flexibility index (Phi) is 8.64. The molecule has 0 saturated carbocycles. The number of nitrogens with zero attached hydrogens (tertiary/aromatic N) is 4. The van der Waals surface area contributed by atoms with E-state index in [1.165, 1.54) is 58.0 Å². The topological polar surface area (TPSA) is 99.4 Å². The number of thiophene rings is 2. The van der Waals surface area contributed by atoms with Crippen molar-refractivity contribution in [2.24, 2.45) is 34.5 Å². The number of hydrogen-bond acceptors (Lipinski definition) is 7. The molecule has 0 amide bonds. The van der Waals surface area contributed by atoms with Gasteiger partial charge in [0, 0.05) is 22.2 Å². The molecule has 5 nitrogen and oxygen atoms in total. The van der Waals surface area contributed by atoms with Gasteiger partial charge in [-0.25, -0.2) is 9.97 Å². The Morgan fingerprint density at radius 2 is 1.30 bits per heavy atom. The molecule has 0 saturated heterocycles. The summed E-state index contributed by atoms with van der Waals surface area (Å²) in [4.78, 5) is 13.0. The van der Waals surface area contributed by atoms with Crippen LogP contribution in [0.1, 0.15) is 101 Å². The van der Waals surface area contributed by atoms with Crippen molar-refractivity contribution in [3.63, 3.8) is 0 Å². The summed E-state index contributed by atoms with van der Waals surface area (Å²) in [6.07, 6.45) is 6.73. The number of anilines is 1. The highest BCUT2D eigenvalue weighted by molar-refractivity contribution is 7.20. The maximum atomic E-state index is 9.17. The lowest BCUT2D eigenvalue weighted by atomic mass is 9.65. The van der Waals surface area contributed by atoms with Gasteiger partial charge < -0.3 is 5.73 Å². The van der Waals surface area contributed by atoms with Crippen molar-refractivity contribution < 1.29 is 0 Å². The van der Waals surface area contributed by atoms with Crippen LogP contribution in [0.3, 0.4) is 0 Å². The van der Waals surface area contributed by atoms with Gasteiger partial charge in [-0.15, -0.1) is 22.7 Å². The fraction of sp³-hybridized carbons (Fsp3) is 0.556. The van der Waals surface area contributed by atoms with E-state index in [0.29, 0.717) is 39.1 Å². The molecule has 43 heavy (non-hydrogen) atoms. The van der Waals surface area contributed by atoms with Crippen LogP contribution in [0, 0.1) is 57.2 Å². The predicted octanol–water partition coefficient (Wildman–Crippen LogP) is 9.49. The summed E-state index contributed by atoms with van der Waals surface area (Å²) in [5.74, 6) is 2.78. The molecule has 2 aliphatic rings. The van der Waals surface area contributed by atoms with Gasteiger partial charge in [0.1, 0.15) is 31.6 Å². The zero-order chi connectivity index (χ0) is 31.3. The summed E-state index contributed by atoms with van der Waals surface area (Å²) in [6.45, 7) is 18.7. The molecule has 6 rings (SSSR count). The van der Waals surface area contributed by atoms with Gasteiger partial charge in [0.05, 0.1) is 5.69 Å². The van der Waals surface area contributed by atoms with Crippen molar-refractivity contribution in [1.29, 1.82) is 10.5 Å². The van der Waals surface area contributed by atoms with Gasteiger partial charge in [0.25, 0.3) is 0 Å². The van der Waals surface area contributed by atoms with Crippen LogP contribution in [0.25, 0.3) is 20.4 Å². The molecule has 2 N–H and O–H groups in total. The lowest BCUT2D eigenvalue weighted by Crippen LogP contribution is -2.35. The number of nitrogen functional groups attached to an aromatic ring is 1. The van der Waals surface area contributed by atoms with E-state index in [2.05, 4.69) is 79.7 Å². The maximum absolute atomic E-state index is 9.17. The lowest BCUT2D eigenvalue weighted by Gasteiger charge is -2.40. The van der Waals surface area contributed by atoms with Crippen molar-refractivity contribution in [2.75, 3.05) is 5.73 Å². The average Bonchev–Trinajstić information content (AvgIpc) is 3.51. The third kappa shape index (κ3) is 6.17. The Morgan fingerprint density at radius 1 is 0.767 bits per heavy atom. The first-order chi connectivity index (χ1) is 20.3. The van der Waals surface area contributed by atoms with Crippen molar-refractivity contribution >= 4 is 48.8 Å². The molecule has 0 spiro atoms. The Hall–Kier alpha value is -3.00. The normalized spacial score (nSPS) is 21.8. The molecule has 0 radical (unpaired) electrons. The second-order valence-corrected chi connectivity index (χ2v) is 16.7. The van der Waals surface area contributed by atoms with Gasteiger partial charge in [-0.1, -0.05) is 68.2 Å². The number of nitriles is 2. The summed E-state index contributed by atoms with van der Waals surface area (Å²) in [5.41, 5.74) is 12.5. The van der Waals surface area contributed by atoms with E-state index in [-0.39, 0.29) is 0 Å². The van der Waals surface area contributed by atoms with E-state index < -0.39 is 0 Å². The van der Waals surface area contributed by atoms with Crippen molar-refractivity contribution in [1.82, 2.24) is 9.97 Å². The van der Waals surface area contributed by atoms with Gasteiger partial charge in [-0.3, -0.25) is 0 Å². The van der Waals surface area contributed by atoms with Crippen molar-refractivity contribution in [2.45, 2.75) is 93.9 Å². The van der Waals surface area contributed by atoms with Gasteiger partial charge in [0.2, 0.25) is 0 Å². The van der Waals surface area contributed by atoms with E-state index in [1.807, 2.05) is 6.07 Å². The molecule has 0 aliphatic heterocycles. The minimum absolute atomic E-state index is 0.297. The van der Waals surface area contributed by atoms with Crippen molar-refractivity contribution in [3.05, 3.63) is 50.5 Å². The molecular weight excluding hydrogens is 567 g/mol. The standard InChI is InChI=1S/C18H23N3S.C18H22N2S/c1-5-10-8-14-11(7-13(10)18(2,3)4)6-12-16(20)15(9-19)22-17(12)21-14;1-5-11-9-16-12(8-15(11)18(2,3)4)6-13-7-14(10-19)21-17(13)20-16/h6,10,13H,5,7-8,20H2,1-4H3;6-7,11,15H,5,8-9H2,1-4H3. The highest BCUT2D eigenvalue weighted by Crippen LogP contribution is 2.45. The van der Waals surface area contributed by atoms with Gasteiger partial charge >= 0.3 is 0 Å². The summed E-state index contributed by atoms with van der Waals surface area (Å²) in [7, 11) is 0. The fourth-order valence-electron chi connectivity index (χ4n) is 7.49. The van der Waals surface area contributed by atoms with E-state index >= 15 is 0 Å². The van der Waals surface area contributed by atoms with Crippen LogP contribution in [0.4, 0.5) is 5.69 Å². The minimum Gasteiger partial charge on any atom is -0.396 e. The number of aromatic nitrogens is 2. The number of hydrogen-bond donors (Lipinski definition) is 1. The van der Waals surface area contributed by atoms with Gasteiger partial charge in [-0.05, 0) is 89.5 Å². The van der Waals surface area contributed by atoms with Crippen molar-refractivity contribution in [3.8, 4) is 12.1 Å². The molecule has 4 unspecified atom stereocenters. The van der Waals surface area contributed by atoms with Crippen LogP contribution in [-0.2, 0) is 25.7 Å². The van der Waals surface area contributed by atoms with Gasteiger partial charge in [-0.2, -0.15) is 10.5 Å². The van der Waals surface area contributed by atoms with E-state index in [9.17, 15) is 0 Å². The highest BCUT2D eigenvalue weighted by atomic mass is 32.1. The lowest BCUT2D eigenvalue weighted by molar-refractivity contribution is 0.140. The molecule has 2 aliphatic carbocycles. The van der Waals surface area contributed by atoms with Crippen LogP contribution >= 0.6 is 22.7 Å². The number of nitrogens with two attached hydrogens (primary N) is 1. The third-order valence-electron chi connectivity index (χ3n) is 9.98. The van der Waals surface area contributed by atoms with E-state index in [0.717, 1.165) is 56.9 Å². The number of pyridine rings is 2. The number of rotatable bonds is 2. The van der Waals surface area contributed by atoms with Crippen LogP contribution in [0.15, 0.2) is 18.2 Å². The molecule has 4 aromatic rings. The van der Waals surface area contributed by atoms with Crippen LogP contribution in [-0.4, -0.2) is 9.97 Å². The van der Waals surface area contributed by atoms with Crippen LogP contribution in [0.5, 0.6) is 0 Å². The van der Waals surface area contributed by atoms with E-state index in [1.54, 1.807) is 0 Å². The Bertz CT molecular complexity index is 1730. The first kappa shape index (κ1) is 31.4. The smallest absolute Gasteiger partial charge is 0.130 e. The molecule has 0 fully saturated rings. The molecule has 4 aromatic heterocycles. The molecule has 0 aromatic carbocycles. The highest BCUT2D eigenvalue weighted by Gasteiger charge is 2.37. The Labute approximate surface area is 265 Å². The number of fused-ring (bicyclic) bond motifs is 4. The first-order valence-corrected chi connectivity index (χ1v) is 17.3. The Balaban J connectivity index is 0.000000171. The minimum atomic E-state index is 0.297. The average molecular weight is 612 g/mol. The monoisotopic (exact) mass is 611 g/mol. The maximum Gasteiger partial charge on any atom is 0.130 e. The van der Waals surface area contributed by atoms with E-state index in [4.69, 9.17) is 26.2 Å². The molecule has 7 heteroatoms. The van der Waals surface area contributed by atoms with Crippen LogP contribution < -0.4 is 5.73 Å². The first-order valence-electron chi connectivity index (χ1n) is 15.7. The Morgan fingerprint density at radius 3 is 1.79 bits per heavy atom.